The molecule has 0 radical (unpaired) electrons. The smallest absolute Gasteiger partial charge is 0.407 e. The standard InChI is InChI=1S/C21H25NO5S/c1-14(2)20(13-27-28(3,24)25)22-21(23)26-12-19-17-10-6-4-8-15(17)16-9-5-7-11-18(16)19/h4-11,14,19-20H,12-13H2,1-3H3,(H,22,23)/t20-/m1/s1. The van der Waals surface area contributed by atoms with Gasteiger partial charge in [-0.15, -0.1) is 0 Å². The van der Waals surface area contributed by atoms with Crippen LogP contribution in [0.25, 0.3) is 11.1 Å². The van der Waals surface area contributed by atoms with E-state index in [1.165, 1.54) is 0 Å². The second kappa shape index (κ2) is 8.32. The summed E-state index contributed by atoms with van der Waals surface area (Å²) in [6, 6.07) is 15.8. The highest BCUT2D eigenvalue weighted by molar-refractivity contribution is 7.85. The summed E-state index contributed by atoms with van der Waals surface area (Å²) in [7, 11) is -3.57. The number of carbonyl (C=O) groups is 1. The minimum absolute atomic E-state index is 0.0118. The van der Waals surface area contributed by atoms with Gasteiger partial charge in [0.25, 0.3) is 10.1 Å². The number of nitrogens with one attached hydrogen (secondary N) is 1. The van der Waals surface area contributed by atoms with Gasteiger partial charge >= 0.3 is 6.09 Å². The molecule has 7 heteroatoms. The van der Waals surface area contributed by atoms with Crippen molar-refractivity contribution < 1.29 is 22.1 Å². The summed E-state index contributed by atoms with van der Waals surface area (Å²) in [5.74, 6) is -0.0369. The first-order valence-electron chi connectivity index (χ1n) is 9.22. The minimum atomic E-state index is -3.57. The zero-order valence-corrected chi connectivity index (χ0v) is 17.0. The first kappa shape index (κ1) is 20.4. The van der Waals surface area contributed by atoms with E-state index < -0.39 is 22.3 Å². The highest BCUT2D eigenvalue weighted by Gasteiger charge is 2.29. The molecular formula is C21H25NO5S. The SMILES string of the molecule is CC(C)[C@@H](COS(C)(=O)=O)NC(=O)OCC1c2ccccc2-c2ccccc21. The summed E-state index contributed by atoms with van der Waals surface area (Å²) in [6.45, 7) is 3.83. The first-order chi connectivity index (χ1) is 13.3. The van der Waals surface area contributed by atoms with Crippen LogP contribution in [-0.4, -0.2) is 40.0 Å². The van der Waals surface area contributed by atoms with E-state index in [4.69, 9.17) is 8.92 Å². The Morgan fingerprint density at radius 3 is 2.07 bits per heavy atom. The fraction of sp³-hybridized carbons (Fsp3) is 0.381. The molecule has 0 unspecified atom stereocenters. The highest BCUT2D eigenvalue weighted by atomic mass is 32.2. The summed E-state index contributed by atoms with van der Waals surface area (Å²) in [5.41, 5.74) is 4.59. The summed E-state index contributed by atoms with van der Waals surface area (Å²) in [4.78, 5) is 12.3. The third-order valence-corrected chi connectivity index (χ3v) is 5.48. The van der Waals surface area contributed by atoms with Crippen molar-refractivity contribution in [3.63, 3.8) is 0 Å². The van der Waals surface area contributed by atoms with Gasteiger partial charge in [-0.2, -0.15) is 8.42 Å². The molecular weight excluding hydrogens is 378 g/mol. The quantitative estimate of drug-likeness (QED) is 0.715. The number of amides is 1. The molecule has 150 valence electrons. The van der Waals surface area contributed by atoms with E-state index in [1.807, 2.05) is 38.1 Å². The van der Waals surface area contributed by atoms with Crippen LogP contribution in [0.15, 0.2) is 48.5 Å². The van der Waals surface area contributed by atoms with Crippen molar-refractivity contribution in [3.8, 4) is 11.1 Å². The van der Waals surface area contributed by atoms with Gasteiger partial charge in [-0.05, 0) is 28.2 Å². The molecule has 2 aromatic rings. The number of rotatable bonds is 7. The number of hydrogen-bond acceptors (Lipinski definition) is 5. The highest BCUT2D eigenvalue weighted by Crippen LogP contribution is 2.44. The molecule has 0 saturated heterocycles. The normalized spacial score (nSPS) is 14.4. The molecule has 1 amide bonds. The van der Waals surface area contributed by atoms with Gasteiger partial charge in [-0.3, -0.25) is 4.18 Å². The molecule has 28 heavy (non-hydrogen) atoms. The van der Waals surface area contributed by atoms with Gasteiger partial charge in [0.2, 0.25) is 0 Å². The predicted octanol–water partition coefficient (Wildman–Crippen LogP) is 3.53. The average Bonchev–Trinajstić information content (AvgIpc) is 2.96. The Morgan fingerprint density at radius 2 is 1.57 bits per heavy atom. The predicted molar refractivity (Wildman–Crippen MR) is 108 cm³/mol. The number of alkyl carbamates (subject to hydrolysis) is 1. The Morgan fingerprint density at radius 1 is 1.04 bits per heavy atom. The number of carbonyl (C=O) groups excluding carboxylic acids is 1. The van der Waals surface area contributed by atoms with Crippen molar-refractivity contribution in [1.82, 2.24) is 5.32 Å². The Hall–Kier alpha value is -2.38. The van der Waals surface area contributed by atoms with Crippen molar-refractivity contribution in [3.05, 3.63) is 59.7 Å². The molecule has 0 saturated carbocycles. The lowest BCUT2D eigenvalue weighted by atomic mass is 9.98. The number of hydrogen-bond donors (Lipinski definition) is 1. The summed E-state index contributed by atoms with van der Waals surface area (Å²) in [5, 5.41) is 2.71. The van der Waals surface area contributed by atoms with E-state index in [0.717, 1.165) is 28.5 Å². The molecule has 0 aliphatic heterocycles. The van der Waals surface area contributed by atoms with E-state index in [1.54, 1.807) is 0 Å². The summed E-state index contributed by atoms with van der Waals surface area (Å²) < 4.78 is 32.7. The Balaban J connectivity index is 1.66. The number of benzene rings is 2. The molecule has 0 fully saturated rings. The molecule has 0 aromatic heterocycles. The molecule has 0 bridgehead atoms. The van der Waals surface area contributed by atoms with Crippen LogP contribution in [0.3, 0.4) is 0 Å². The second-order valence-corrected chi connectivity index (χ2v) is 8.95. The Labute approximate surface area is 166 Å². The monoisotopic (exact) mass is 403 g/mol. The number of ether oxygens (including phenoxy) is 1. The van der Waals surface area contributed by atoms with Crippen molar-refractivity contribution in [1.29, 1.82) is 0 Å². The fourth-order valence-corrected chi connectivity index (χ4v) is 3.78. The molecule has 6 nitrogen and oxygen atoms in total. The van der Waals surface area contributed by atoms with Gasteiger partial charge in [-0.25, -0.2) is 4.79 Å². The molecule has 1 atom stereocenters. The maximum atomic E-state index is 12.3. The van der Waals surface area contributed by atoms with Crippen LogP contribution < -0.4 is 5.32 Å². The Bertz CT molecular complexity index is 909. The molecule has 0 spiro atoms. The van der Waals surface area contributed by atoms with E-state index in [9.17, 15) is 13.2 Å². The minimum Gasteiger partial charge on any atom is -0.449 e. The van der Waals surface area contributed by atoms with Crippen LogP contribution in [0.2, 0.25) is 0 Å². The van der Waals surface area contributed by atoms with Crippen molar-refractivity contribution >= 4 is 16.2 Å². The third kappa shape index (κ3) is 4.72. The van der Waals surface area contributed by atoms with Gasteiger partial charge in [0.1, 0.15) is 6.61 Å². The van der Waals surface area contributed by atoms with Crippen LogP contribution in [0, 0.1) is 5.92 Å². The molecule has 3 rings (SSSR count). The van der Waals surface area contributed by atoms with Gasteiger partial charge < -0.3 is 10.1 Å². The molecule has 2 aromatic carbocycles. The average molecular weight is 404 g/mol. The van der Waals surface area contributed by atoms with Gasteiger partial charge in [0.15, 0.2) is 0 Å². The van der Waals surface area contributed by atoms with Crippen LogP contribution >= 0.6 is 0 Å². The zero-order valence-electron chi connectivity index (χ0n) is 16.2. The largest absolute Gasteiger partial charge is 0.449 e. The van der Waals surface area contributed by atoms with Crippen molar-refractivity contribution in [2.24, 2.45) is 5.92 Å². The second-order valence-electron chi connectivity index (χ2n) is 7.31. The van der Waals surface area contributed by atoms with Crippen LogP contribution in [0.4, 0.5) is 4.79 Å². The zero-order chi connectivity index (χ0) is 20.3. The Kier molecular flexibility index (Phi) is 6.05. The van der Waals surface area contributed by atoms with Gasteiger partial charge in [0.05, 0.1) is 18.9 Å². The van der Waals surface area contributed by atoms with E-state index >= 15 is 0 Å². The summed E-state index contributed by atoms with van der Waals surface area (Å²) in [6.07, 6.45) is 0.398. The fourth-order valence-electron chi connectivity index (χ4n) is 3.39. The third-order valence-electron chi connectivity index (χ3n) is 4.91. The van der Waals surface area contributed by atoms with Crippen molar-refractivity contribution in [2.75, 3.05) is 19.5 Å². The first-order valence-corrected chi connectivity index (χ1v) is 11.0. The molecule has 1 N–H and O–H groups in total. The maximum Gasteiger partial charge on any atom is 0.407 e. The number of fused-ring (bicyclic) bond motifs is 3. The molecule has 0 heterocycles. The van der Waals surface area contributed by atoms with Crippen molar-refractivity contribution in [2.45, 2.75) is 25.8 Å². The van der Waals surface area contributed by atoms with Gasteiger partial charge in [0, 0.05) is 5.92 Å². The van der Waals surface area contributed by atoms with Crippen LogP contribution in [-0.2, 0) is 19.0 Å². The molecule has 1 aliphatic carbocycles. The van der Waals surface area contributed by atoms with Gasteiger partial charge in [-0.1, -0.05) is 62.4 Å². The van der Waals surface area contributed by atoms with E-state index in [2.05, 4.69) is 29.6 Å². The maximum absolute atomic E-state index is 12.3. The summed E-state index contributed by atoms with van der Waals surface area (Å²) >= 11 is 0. The topological polar surface area (TPSA) is 81.7 Å². The molecule has 1 aliphatic rings. The lowest BCUT2D eigenvalue weighted by molar-refractivity contribution is 0.129. The lowest BCUT2D eigenvalue weighted by Crippen LogP contribution is -2.42. The van der Waals surface area contributed by atoms with E-state index in [0.29, 0.717) is 0 Å². The van der Waals surface area contributed by atoms with Crippen LogP contribution in [0.5, 0.6) is 0 Å². The van der Waals surface area contributed by atoms with E-state index in [-0.39, 0.29) is 25.0 Å². The lowest BCUT2D eigenvalue weighted by Gasteiger charge is -2.22. The van der Waals surface area contributed by atoms with Crippen LogP contribution in [0.1, 0.15) is 30.9 Å².